The Morgan fingerprint density at radius 3 is 2.65 bits per heavy atom. The van der Waals surface area contributed by atoms with E-state index in [1.165, 1.54) is 0 Å². The molecule has 0 aromatic carbocycles. The van der Waals surface area contributed by atoms with E-state index in [1.807, 2.05) is 0 Å². The topological polar surface area (TPSA) is 108 Å². The molecule has 1 heterocycles. The minimum absolute atomic E-state index is 0.405. The average molecular weight is 247 g/mol. The molecule has 0 aliphatic rings. The number of carbonyl (C=O) groups is 1. The maximum Gasteiger partial charge on any atom is 0.373 e. The average Bonchev–Trinajstić information content (AvgIpc) is 2.26. The molecule has 0 atom stereocenters. The smallest absolute Gasteiger partial charge is 0.373 e. The molecule has 0 spiro atoms. The van der Waals surface area contributed by atoms with E-state index in [4.69, 9.17) is 5.73 Å². The number of methoxy groups -OCH3 is 1. The minimum atomic E-state index is -3.26. The van der Waals surface area contributed by atoms with Crippen LogP contribution in [0.15, 0.2) is 6.20 Å². The van der Waals surface area contributed by atoms with Crippen molar-refractivity contribution in [3.8, 4) is 0 Å². The van der Waals surface area contributed by atoms with Gasteiger partial charge in [-0.1, -0.05) is 0 Å². The second kappa shape index (κ2) is 4.68. The van der Waals surface area contributed by atoms with E-state index in [1.54, 1.807) is 0 Å². The Labute approximate surface area is 93.3 Å². The number of hydrogen-bond acceptors (Lipinski definition) is 6. The number of hydrogen-bond donors (Lipinski definition) is 1. The molecular formula is C8H7F2N3O4. The molecule has 2 N–H and O–H groups in total. The summed E-state index contributed by atoms with van der Waals surface area (Å²) in [5, 5.41) is 10.5. The molecule has 0 amide bonds. The standard InChI is InChI=1S/C8H7F2N3O4/c1-17-8(14)4-3(11)2-12-7(13(15)16)5(4)6(9)10/h2,6H,11H2,1H3. The monoisotopic (exact) mass is 247 g/mol. The number of carbonyl (C=O) groups excluding carboxylic acids is 1. The van der Waals surface area contributed by atoms with Crippen LogP contribution in [0.2, 0.25) is 0 Å². The summed E-state index contributed by atoms with van der Waals surface area (Å²) in [6.07, 6.45) is -2.50. The third-order valence-electron chi connectivity index (χ3n) is 1.91. The van der Waals surface area contributed by atoms with E-state index in [-0.39, 0.29) is 0 Å². The molecule has 0 saturated heterocycles. The van der Waals surface area contributed by atoms with Crippen molar-refractivity contribution in [2.75, 3.05) is 12.8 Å². The second-order valence-corrected chi connectivity index (χ2v) is 2.88. The first-order valence-electron chi connectivity index (χ1n) is 4.19. The van der Waals surface area contributed by atoms with E-state index in [2.05, 4.69) is 9.72 Å². The molecule has 0 fully saturated rings. The quantitative estimate of drug-likeness (QED) is 0.489. The normalized spacial score (nSPS) is 10.4. The van der Waals surface area contributed by atoms with Gasteiger partial charge in [0.1, 0.15) is 11.1 Å². The van der Waals surface area contributed by atoms with E-state index in [9.17, 15) is 23.7 Å². The van der Waals surface area contributed by atoms with E-state index in [0.29, 0.717) is 0 Å². The van der Waals surface area contributed by atoms with Gasteiger partial charge in [-0.2, -0.15) is 0 Å². The van der Waals surface area contributed by atoms with Crippen molar-refractivity contribution in [1.29, 1.82) is 0 Å². The molecule has 17 heavy (non-hydrogen) atoms. The Morgan fingerprint density at radius 1 is 1.65 bits per heavy atom. The molecule has 0 aliphatic heterocycles. The van der Waals surface area contributed by atoms with Gasteiger partial charge in [0.15, 0.2) is 6.20 Å². The Kier molecular flexibility index (Phi) is 3.51. The molecule has 9 heteroatoms. The third kappa shape index (κ3) is 2.27. The summed E-state index contributed by atoms with van der Waals surface area (Å²) in [4.78, 5) is 23.8. The molecule has 0 aliphatic carbocycles. The molecule has 92 valence electrons. The number of nitrogens with two attached hydrogens (primary N) is 1. The van der Waals surface area contributed by atoms with Crippen LogP contribution in [0.1, 0.15) is 22.3 Å². The summed E-state index contributed by atoms with van der Waals surface area (Å²) < 4.78 is 29.7. The highest BCUT2D eigenvalue weighted by molar-refractivity contribution is 5.97. The third-order valence-corrected chi connectivity index (χ3v) is 1.91. The van der Waals surface area contributed by atoms with Gasteiger partial charge in [-0.05, 0) is 9.91 Å². The fourth-order valence-corrected chi connectivity index (χ4v) is 1.21. The lowest BCUT2D eigenvalue weighted by atomic mass is 10.1. The van der Waals surface area contributed by atoms with E-state index < -0.39 is 40.0 Å². The number of nitrogen functional groups attached to an aromatic ring is 1. The first kappa shape index (κ1) is 12.7. The fourth-order valence-electron chi connectivity index (χ4n) is 1.21. The Bertz CT molecular complexity index is 478. The van der Waals surface area contributed by atoms with Crippen molar-refractivity contribution in [2.45, 2.75) is 6.43 Å². The van der Waals surface area contributed by atoms with Crippen molar-refractivity contribution >= 4 is 17.5 Å². The van der Waals surface area contributed by atoms with Gasteiger partial charge in [0.25, 0.3) is 6.43 Å². The van der Waals surface area contributed by atoms with Gasteiger partial charge >= 0.3 is 11.8 Å². The van der Waals surface area contributed by atoms with Gasteiger partial charge in [0.05, 0.1) is 12.8 Å². The highest BCUT2D eigenvalue weighted by Crippen LogP contribution is 2.33. The first-order valence-corrected chi connectivity index (χ1v) is 4.19. The molecule has 0 radical (unpaired) electrons. The van der Waals surface area contributed by atoms with Crippen molar-refractivity contribution in [2.24, 2.45) is 0 Å². The zero-order valence-electron chi connectivity index (χ0n) is 8.52. The Morgan fingerprint density at radius 2 is 2.24 bits per heavy atom. The van der Waals surface area contributed by atoms with E-state index >= 15 is 0 Å². The first-order chi connectivity index (χ1) is 7.90. The van der Waals surface area contributed by atoms with Crippen molar-refractivity contribution < 1.29 is 23.2 Å². The molecule has 7 nitrogen and oxygen atoms in total. The Hall–Kier alpha value is -2.32. The fraction of sp³-hybridized carbons (Fsp3) is 0.250. The van der Waals surface area contributed by atoms with Crippen LogP contribution in [0.3, 0.4) is 0 Å². The number of anilines is 1. The van der Waals surface area contributed by atoms with Gasteiger partial charge < -0.3 is 20.6 Å². The molecule has 0 unspecified atom stereocenters. The number of nitro groups is 1. The summed E-state index contributed by atoms with van der Waals surface area (Å²) in [5.41, 5.74) is 3.01. The number of aromatic nitrogens is 1. The highest BCUT2D eigenvalue weighted by Gasteiger charge is 2.32. The summed E-state index contributed by atoms with van der Waals surface area (Å²) in [5.74, 6) is -2.29. The van der Waals surface area contributed by atoms with Gasteiger partial charge in [0, 0.05) is 0 Å². The van der Waals surface area contributed by atoms with Crippen LogP contribution < -0.4 is 5.73 Å². The van der Waals surface area contributed by atoms with Crippen molar-refractivity contribution in [1.82, 2.24) is 4.98 Å². The highest BCUT2D eigenvalue weighted by atomic mass is 19.3. The van der Waals surface area contributed by atoms with Crippen LogP contribution in [0, 0.1) is 10.1 Å². The molecular weight excluding hydrogens is 240 g/mol. The van der Waals surface area contributed by atoms with Crippen LogP contribution >= 0.6 is 0 Å². The van der Waals surface area contributed by atoms with Gasteiger partial charge in [-0.25, -0.2) is 13.6 Å². The second-order valence-electron chi connectivity index (χ2n) is 2.88. The lowest BCUT2D eigenvalue weighted by Crippen LogP contribution is -2.13. The lowest BCUT2D eigenvalue weighted by Gasteiger charge is -2.08. The van der Waals surface area contributed by atoms with Crippen LogP contribution in [-0.2, 0) is 4.74 Å². The number of nitrogens with zero attached hydrogens (tertiary/aromatic N) is 2. The number of ether oxygens (including phenoxy) is 1. The predicted octanol–water partition coefficient (Wildman–Crippen LogP) is 1.30. The predicted molar refractivity (Wildman–Crippen MR) is 51.6 cm³/mol. The molecule has 1 aromatic heterocycles. The largest absolute Gasteiger partial charge is 0.465 e. The van der Waals surface area contributed by atoms with E-state index in [0.717, 1.165) is 13.3 Å². The van der Waals surface area contributed by atoms with Gasteiger partial charge in [0.2, 0.25) is 0 Å². The number of esters is 1. The summed E-state index contributed by atoms with van der Waals surface area (Å²) in [6.45, 7) is 0. The molecule has 1 rings (SSSR count). The van der Waals surface area contributed by atoms with Crippen LogP contribution in [0.5, 0.6) is 0 Å². The maximum absolute atomic E-state index is 12.7. The van der Waals surface area contributed by atoms with Gasteiger partial charge in [-0.15, -0.1) is 0 Å². The zero-order chi connectivity index (χ0) is 13.2. The summed E-state index contributed by atoms with van der Waals surface area (Å²) in [7, 11) is 0.948. The summed E-state index contributed by atoms with van der Waals surface area (Å²) >= 11 is 0. The van der Waals surface area contributed by atoms with Crippen LogP contribution in [0.25, 0.3) is 0 Å². The Balaban J connectivity index is 3.60. The molecule has 0 saturated carbocycles. The van der Waals surface area contributed by atoms with Crippen molar-refractivity contribution in [3.05, 3.63) is 27.4 Å². The van der Waals surface area contributed by atoms with Crippen molar-refractivity contribution in [3.63, 3.8) is 0 Å². The summed E-state index contributed by atoms with van der Waals surface area (Å²) in [6, 6.07) is 0. The molecule has 0 bridgehead atoms. The van der Waals surface area contributed by atoms with Gasteiger partial charge in [-0.3, -0.25) is 0 Å². The zero-order valence-corrected chi connectivity index (χ0v) is 8.52. The van der Waals surface area contributed by atoms with Crippen LogP contribution in [0.4, 0.5) is 20.3 Å². The lowest BCUT2D eigenvalue weighted by molar-refractivity contribution is -0.391. The maximum atomic E-state index is 12.7. The molecule has 1 aromatic rings. The van der Waals surface area contributed by atoms with Crippen LogP contribution in [-0.4, -0.2) is 23.0 Å². The number of halogens is 2. The SMILES string of the molecule is COC(=O)c1c(N)cnc([N+](=O)[O-])c1C(F)F. The minimum Gasteiger partial charge on any atom is -0.465 e. The number of rotatable bonds is 3. The number of pyridine rings is 1. The number of alkyl halides is 2.